The van der Waals surface area contributed by atoms with Crippen LogP contribution in [0.25, 0.3) is 0 Å². The van der Waals surface area contributed by atoms with Gasteiger partial charge in [0, 0.05) is 18.3 Å². The number of hydrogen-bond donors (Lipinski definition) is 2. The van der Waals surface area contributed by atoms with Gasteiger partial charge in [-0.3, -0.25) is 9.59 Å². The average molecular weight is 356 g/mol. The second kappa shape index (κ2) is 9.22. The van der Waals surface area contributed by atoms with Gasteiger partial charge in [0.25, 0.3) is 11.8 Å². The zero-order chi connectivity index (χ0) is 18.9. The molecule has 0 radical (unpaired) electrons. The largest absolute Gasteiger partial charge is 0.493 e. The van der Waals surface area contributed by atoms with Crippen LogP contribution < -0.4 is 15.4 Å². The number of nitrogens with one attached hydrogen (secondary N) is 2. The normalized spacial score (nSPS) is 9.92. The Bertz CT molecular complexity index is 804. The van der Waals surface area contributed by atoms with Crippen LogP contribution in [0.1, 0.15) is 27.6 Å². The maximum Gasteiger partial charge on any atom is 0.342 e. The topological polar surface area (TPSA) is 93.7 Å². The van der Waals surface area contributed by atoms with Gasteiger partial charge in [-0.05, 0) is 37.3 Å². The average Bonchev–Trinajstić information content (AvgIpc) is 2.66. The second-order valence-corrected chi connectivity index (χ2v) is 5.21. The van der Waals surface area contributed by atoms with Crippen molar-refractivity contribution in [3.63, 3.8) is 0 Å². The van der Waals surface area contributed by atoms with Gasteiger partial charge in [-0.2, -0.15) is 0 Å². The summed E-state index contributed by atoms with van der Waals surface area (Å²) < 4.78 is 10.4. The Morgan fingerprint density at radius 2 is 1.81 bits per heavy atom. The fourth-order valence-electron chi connectivity index (χ4n) is 2.21. The number of anilines is 1. The number of benzene rings is 2. The summed E-state index contributed by atoms with van der Waals surface area (Å²) in [4.78, 5) is 35.7. The van der Waals surface area contributed by atoms with E-state index in [4.69, 9.17) is 9.47 Å². The Labute approximate surface area is 151 Å². The molecule has 26 heavy (non-hydrogen) atoms. The summed E-state index contributed by atoms with van der Waals surface area (Å²) in [5.74, 6) is -1.02. The first-order valence-electron chi connectivity index (χ1n) is 8.06. The zero-order valence-corrected chi connectivity index (χ0v) is 14.6. The molecule has 0 aliphatic heterocycles. The standard InChI is InChI=1S/C19H20N2O5/c1-3-25-16-10-5-4-9-15(16)19(24)26-12-17(22)21-14-8-6-7-13(11-14)18(23)20-2/h4-11H,3,12H2,1-2H3,(H,20,23)(H,21,22). The highest BCUT2D eigenvalue weighted by Crippen LogP contribution is 2.19. The molecule has 2 N–H and O–H groups in total. The fourth-order valence-corrected chi connectivity index (χ4v) is 2.21. The lowest BCUT2D eigenvalue weighted by Crippen LogP contribution is -2.22. The van der Waals surface area contributed by atoms with E-state index in [0.717, 1.165) is 0 Å². The Kier molecular flexibility index (Phi) is 6.73. The molecule has 136 valence electrons. The molecule has 0 atom stereocenters. The molecule has 0 aliphatic rings. The van der Waals surface area contributed by atoms with E-state index in [2.05, 4.69) is 10.6 Å². The number of rotatable bonds is 7. The molecule has 0 aromatic heterocycles. The van der Waals surface area contributed by atoms with Crippen LogP contribution in [0.5, 0.6) is 5.75 Å². The first kappa shape index (κ1) is 19.0. The Hall–Kier alpha value is -3.35. The Morgan fingerprint density at radius 3 is 2.54 bits per heavy atom. The van der Waals surface area contributed by atoms with Crippen LogP contribution in [0.15, 0.2) is 48.5 Å². The third kappa shape index (κ3) is 5.07. The van der Waals surface area contributed by atoms with E-state index < -0.39 is 18.5 Å². The third-order valence-electron chi connectivity index (χ3n) is 3.38. The first-order chi connectivity index (χ1) is 12.5. The summed E-state index contributed by atoms with van der Waals surface area (Å²) in [7, 11) is 1.52. The van der Waals surface area contributed by atoms with Crippen LogP contribution in [0.2, 0.25) is 0 Å². The summed E-state index contributed by atoms with van der Waals surface area (Å²) in [6.45, 7) is 1.76. The molecule has 0 bridgehead atoms. The second-order valence-electron chi connectivity index (χ2n) is 5.21. The van der Waals surface area contributed by atoms with Gasteiger partial charge in [-0.25, -0.2) is 4.79 Å². The lowest BCUT2D eigenvalue weighted by Gasteiger charge is -2.10. The quantitative estimate of drug-likeness (QED) is 0.742. The van der Waals surface area contributed by atoms with Gasteiger partial charge in [0.2, 0.25) is 0 Å². The Morgan fingerprint density at radius 1 is 1.04 bits per heavy atom. The van der Waals surface area contributed by atoms with Gasteiger partial charge >= 0.3 is 5.97 Å². The van der Waals surface area contributed by atoms with Crippen molar-refractivity contribution in [3.8, 4) is 5.75 Å². The first-order valence-corrected chi connectivity index (χ1v) is 8.06. The summed E-state index contributed by atoms with van der Waals surface area (Å²) >= 11 is 0. The number of carbonyl (C=O) groups excluding carboxylic acids is 3. The molecule has 2 aromatic rings. The van der Waals surface area contributed by atoms with Crippen molar-refractivity contribution >= 4 is 23.5 Å². The van der Waals surface area contributed by atoms with Crippen molar-refractivity contribution in [1.82, 2.24) is 5.32 Å². The minimum absolute atomic E-state index is 0.253. The lowest BCUT2D eigenvalue weighted by atomic mass is 10.2. The van der Waals surface area contributed by atoms with Gasteiger partial charge < -0.3 is 20.1 Å². The summed E-state index contributed by atoms with van der Waals surface area (Å²) in [6, 6.07) is 13.1. The van der Waals surface area contributed by atoms with Gasteiger partial charge in [-0.1, -0.05) is 18.2 Å². The minimum atomic E-state index is -0.650. The van der Waals surface area contributed by atoms with Crippen LogP contribution in [-0.4, -0.2) is 38.0 Å². The fraction of sp³-hybridized carbons (Fsp3) is 0.211. The third-order valence-corrected chi connectivity index (χ3v) is 3.38. The smallest absolute Gasteiger partial charge is 0.342 e. The van der Waals surface area contributed by atoms with E-state index in [1.54, 1.807) is 42.5 Å². The van der Waals surface area contributed by atoms with Crippen molar-refractivity contribution in [2.75, 3.05) is 25.6 Å². The molecule has 2 amide bonds. The molecule has 0 saturated heterocycles. The molecule has 0 spiro atoms. The lowest BCUT2D eigenvalue weighted by molar-refractivity contribution is -0.119. The van der Waals surface area contributed by atoms with Gasteiger partial charge in [0.1, 0.15) is 11.3 Å². The van der Waals surface area contributed by atoms with Crippen LogP contribution >= 0.6 is 0 Å². The molecule has 0 heterocycles. The highest BCUT2D eigenvalue weighted by Gasteiger charge is 2.15. The van der Waals surface area contributed by atoms with E-state index >= 15 is 0 Å². The molecule has 0 unspecified atom stereocenters. The maximum absolute atomic E-state index is 12.1. The van der Waals surface area contributed by atoms with E-state index in [1.807, 2.05) is 6.92 Å². The van der Waals surface area contributed by atoms with E-state index in [1.165, 1.54) is 13.1 Å². The van der Waals surface area contributed by atoms with E-state index in [0.29, 0.717) is 23.6 Å². The number of ether oxygens (including phenoxy) is 2. The molecule has 0 saturated carbocycles. The van der Waals surface area contributed by atoms with Crippen molar-refractivity contribution < 1.29 is 23.9 Å². The van der Waals surface area contributed by atoms with Crippen molar-refractivity contribution in [2.45, 2.75) is 6.92 Å². The molecule has 0 fully saturated rings. The van der Waals surface area contributed by atoms with E-state index in [9.17, 15) is 14.4 Å². The minimum Gasteiger partial charge on any atom is -0.493 e. The number of esters is 1. The van der Waals surface area contributed by atoms with Crippen LogP contribution in [0.4, 0.5) is 5.69 Å². The van der Waals surface area contributed by atoms with Gasteiger partial charge in [0.15, 0.2) is 6.61 Å². The molecule has 0 aliphatic carbocycles. The molecular weight excluding hydrogens is 336 g/mol. The number of hydrogen-bond acceptors (Lipinski definition) is 5. The predicted octanol–water partition coefficient (Wildman–Crippen LogP) is 2.24. The van der Waals surface area contributed by atoms with Gasteiger partial charge in [0.05, 0.1) is 6.61 Å². The number of para-hydroxylation sites is 1. The summed E-state index contributed by atoms with van der Waals surface area (Å²) in [6.07, 6.45) is 0. The summed E-state index contributed by atoms with van der Waals surface area (Å²) in [5.41, 5.74) is 1.10. The predicted molar refractivity (Wildman–Crippen MR) is 96.4 cm³/mol. The van der Waals surface area contributed by atoms with Crippen LogP contribution in [-0.2, 0) is 9.53 Å². The molecule has 7 heteroatoms. The molecule has 2 aromatic carbocycles. The highest BCUT2D eigenvalue weighted by molar-refractivity contribution is 5.98. The van der Waals surface area contributed by atoms with E-state index in [-0.39, 0.29) is 11.5 Å². The number of amides is 2. The monoisotopic (exact) mass is 356 g/mol. The van der Waals surface area contributed by atoms with Crippen LogP contribution in [0.3, 0.4) is 0 Å². The van der Waals surface area contributed by atoms with Crippen molar-refractivity contribution in [3.05, 3.63) is 59.7 Å². The molecule has 2 rings (SSSR count). The SMILES string of the molecule is CCOc1ccccc1C(=O)OCC(=O)Nc1cccc(C(=O)NC)c1. The Balaban J connectivity index is 1.95. The van der Waals surface area contributed by atoms with Crippen molar-refractivity contribution in [1.29, 1.82) is 0 Å². The highest BCUT2D eigenvalue weighted by atomic mass is 16.5. The van der Waals surface area contributed by atoms with Gasteiger partial charge in [-0.15, -0.1) is 0 Å². The maximum atomic E-state index is 12.1. The number of carbonyl (C=O) groups is 3. The summed E-state index contributed by atoms with van der Waals surface area (Å²) in [5, 5.41) is 5.08. The van der Waals surface area contributed by atoms with Crippen LogP contribution in [0, 0.1) is 0 Å². The zero-order valence-electron chi connectivity index (χ0n) is 14.6. The molecular formula is C19H20N2O5. The molecule has 7 nitrogen and oxygen atoms in total. The van der Waals surface area contributed by atoms with Crippen molar-refractivity contribution in [2.24, 2.45) is 0 Å².